The maximum Gasteiger partial charge on any atom is 0.161 e. The van der Waals surface area contributed by atoms with Gasteiger partial charge in [-0.05, 0) is 37.3 Å². The van der Waals surface area contributed by atoms with E-state index >= 15 is 0 Å². The summed E-state index contributed by atoms with van der Waals surface area (Å²) in [5, 5.41) is 10.8. The van der Waals surface area contributed by atoms with Gasteiger partial charge in [-0.1, -0.05) is 29.3 Å². The number of carbonyl (C=O) groups excluding carboxylic acids is 1. The second-order valence-electron chi connectivity index (χ2n) is 4.23. The lowest BCUT2D eigenvalue weighted by atomic mass is 10.1. The first-order valence-electron chi connectivity index (χ1n) is 5.88. The van der Waals surface area contributed by atoms with Crippen LogP contribution in [0, 0.1) is 0 Å². The topological polar surface area (TPSA) is 46.5 Å². The first kappa shape index (κ1) is 14.7. The van der Waals surface area contributed by atoms with Gasteiger partial charge in [0.25, 0.3) is 0 Å². The molecule has 0 radical (unpaired) electrons. The number of Topliss-reactive ketones (excluding diaryl/α,β-unsaturated/α-hetero) is 1. The summed E-state index contributed by atoms with van der Waals surface area (Å²) in [5.74, 6) is 0.0489. The zero-order valence-corrected chi connectivity index (χ0v) is 12.2. The van der Waals surface area contributed by atoms with E-state index in [4.69, 9.17) is 27.9 Å². The van der Waals surface area contributed by atoms with Gasteiger partial charge in [0.05, 0.1) is 0 Å². The first-order valence-corrected chi connectivity index (χ1v) is 6.64. The Morgan fingerprint density at radius 2 is 1.85 bits per heavy atom. The molecular weight excluding hydrogens is 299 g/mol. The molecule has 104 valence electrons. The fourth-order valence-electron chi connectivity index (χ4n) is 1.68. The second kappa shape index (κ2) is 6.16. The summed E-state index contributed by atoms with van der Waals surface area (Å²) in [6, 6.07) is 9.66. The van der Waals surface area contributed by atoms with E-state index in [0.717, 1.165) is 0 Å². The van der Waals surface area contributed by atoms with Gasteiger partial charge in [-0.25, -0.2) is 0 Å². The number of phenols is 1. The van der Waals surface area contributed by atoms with Gasteiger partial charge in [0.15, 0.2) is 17.3 Å². The number of ketones is 1. The lowest BCUT2D eigenvalue weighted by Crippen LogP contribution is -1.99. The molecule has 0 spiro atoms. The highest BCUT2D eigenvalue weighted by atomic mass is 35.5. The molecule has 20 heavy (non-hydrogen) atoms. The van der Waals surface area contributed by atoms with Crippen LogP contribution in [0.15, 0.2) is 36.4 Å². The smallest absolute Gasteiger partial charge is 0.161 e. The van der Waals surface area contributed by atoms with Crippen LogP contribution in [0.4, 0.5) is 0 Å². The molecule has 2 aromatic carbocycles. The van der Waals surface area contributed by atoms with Gasteiger partial charge in [0.2, 0.25) is 0 Å². The Hall–Kier alpha value is -1.71. The molecule has 1 N–H and O–H groups in total. The fraction of sp³-hybridized carbons (Fsp3) is 0.133. The minimum atomic E-state index is -0.124. The van der Waals surface area contributed by atoms with E-state index in [1.165, 1.54) is 19.1 Å². The highest BCUT2D eigenvalue weighted by molar-refractivity contribution is 6.35. The Labute approximate surface area is 126 Å². The average Bonchev–Trinajstić information content (AvgIpc) is 2.39. The number of benzene rings is 2. The van der Waals surface area contributed by atoms with Crippen molar-refractivity contribution in [1.29, 1.82) is 0 Å². The molecule has 0 aliphatic heterocycles. The molecular formula is C15H12Cl2O3. The number of hydrogen-bond acceptors (Lipinski definition) is 3. The quantitative estimate of drug-likeness (QED) is 0.847. The van der Waals surface area contributed by atoms with E-state index in [1.54, 1.807) is 24.3 Å². The number of ether oxygens (including phenoxy) is 1. The van der Waals surface area contributed by atoms with Gasteiger partial charge < -0.3 is 9.84 Å². The third kappa shape index (κ3) is 3.24. The Morgan fingerprint density at radius 1 is 1.20 bits per heavy atom. The maximum atomic E-state index is 11.2. The van der Waals surface area contributed by atoms with Crippen LogP contribution >= 0.6 is 23.2 Å². The van der Waals surface area contributed by atoms with Crippen LogP contribution in [0.3, 0.4) is 0 Å². The molecule has 5 heteroatoms. The van der Waals surface area contributed by atoms with Crippen molar-refractivity contribution in [3.63, 3.8) is 0 Å². The van der Waals surface area contributed by atoms with Gasteiger partial charge in [0, 0.05) is 21.2 Å². The van der Waals surface area contributed by atoms with Crippen LogP contribution < -0.4 is 4.74 Å². The average molecular weight is 311 g/mol. The Morgan fingerprint density at radius 3 is 2.40 bits per heavy atom. The largest absolute Gasteiger partial charge is 0.504 e. The number of hydrogen-bond donors (Lipinski definition) is 1. The Kier molecular flexibility index (Phi) is 4.53. The molecule has 0 heterocycles. The summed E-state index contributed by atoms with van der Waals surface area (Å²) in [5.41, 5.74) is 1.07. The second-order valence-corrected chi connectivity index (χ2v) is 5.04. The summed E-state index contributed by atoms with van der Waals surface area (Å²) in [6.45, 7) is 1.56. The molecule has 0 atom stereocenters. The molecule has 0 aromatic heterocycles. The van der Waals surface area contributed by atoms with Crippen LogP contribution in [-0.2, 0) is 6.61 Å². The normalized spacial score (nSPS) is 10.3. The third-order valence-corrected chi connectivity index (χ3v) is 3.51. The van der Waals surface area contributed by atoms with E-state index in [0.29, 0.717) is 21.2 Å². The van der Waals surface area contributed by atoms with E-state index in [-0.39, 0.29) is 23.9 Å². The van der Waals surface area contributed by atoms with E-state index in [2.05, 4.69) is 0 Å². The summed E-state index contributed by atoms with van der Waals surface area (Å²) >= 11 is 12.1. The third-order valence-electron chi connectivity index (χ3n) is 2.80. The minimum absolute atomic E-state index is 0.0964. The summed E-state index contributed by atoms with van der Waals surface area (Å²) in [7, 11) is 0. The van der Waals surface area contributed by atoms with Crippen molar-refractivity contribution in [2.45, 2.75) is 13.5 Å². The summed E-state index contributed by atoms with van der Waals surface area (Å²) in [6.07, 6.45) is 0. The Bertz CT molecular complexity index is 633. The fourth-order valence-corrected chi connectivity index (χ4v) is 2.19. The maximum absolute atomic E-state index is 11.2. The molecule has 0 saturated heterocycles. The van der Waals surface area contributed by atoms with Gasteiger partial charge in [-0.3, -0.25) is 4.79 Å². The standard InChI is InChI=1S/C15H12Cl2O3/c1-9(18)10-5-6-15(14(19)7-10)20-8-11-12(16)3-2-4-13(11)17/h2-7,19H,8H2,1H3. The molecule has 0 saturated carbocycles. The molecule has 0 aliphatic carbocycles. The minimum Gasteiger partial charge on any atom is -0.504 e. The number of halogens is 2. The predicted octanol–water partition coefficient (Wildman–Crippen LogP) is 4.48. The monoisotopic (exact) mass is 310 g/mol. The molecule has 2 rings (SSSR count). The van der Waals surface area contributed by atoms with Crippen LogP contribution in [0.1, 0.15) is 22.8 Å². The van der Waals surface area contributed by atoms with E-state index in [1.807, 2.05) is 0 Å². The van der Waals surface area contributed by atoms with Crippen molar-refractivity contribution in [1.82, 2.24) is 0 Å². The summed E-state index contributed by atoms with van der Waals surface area (Å²) in [4.78, 5) is 11.2. The number of carbonyl (C=O) groups is 1. The van der Waals surface area contributed by atoms with Crippen molar-refractivity contribution in [2.24, 2.45) is 0 Å². The molecule has 0 unspecified atom stereocenters. The molecule has 0 fully saturated rings. The van der Waals surface area contributed by atoms with Crippen LogP contribution in [0.5, 0.6) is 11.5 Å². The van der Waals surface area contributed by atoms with Gasteiger partial charge in [0.1, 0.15) is 6.61 Å². The van der Waals surface area contributed by atoms with Crippen LogP contribution in [0.25, 0.3) is 0 Å². The lowest BCUT2D eigenvalue weighted by molar-refractivity contribution is 0.101. The number of phenolic OH excluding ortho intramolecular Hbond substituents is 1. The van der Waals surface area contributed by atoms with Gasteiger partial charge >= 0.3 is 0 Å². The Balaban J connectivity index is 2.17. The van der Waals surface area contributed by atoms with Gasteiger partial charge in [-0.2, -0.15) is 0 Å². The van der Waals surface area contributed by atoms with E-state index in [9.17, 15) is 9.90 Å². The zero-order chi connectivity index (χ0) is 14.7. The highest BCUT2D eigenvalue weighted by Gasteiger charge is 2.10. The number of aromatic hydroxyl groups is 1. The van der Waals surface area contributed by atoms with Crippen molar-refractivity contribution in [3.05, 3.63) is 57.6 Å². The van der Waals surface area contributed by atoms with Crippen LogP contribution in [-0.4, -0.2) is 10.9 Å². The number of rotatable bonds is 4. The van der Waals surface area contributed by atoms with Gasteiger partial charge in [-0.15, -0.1) is 0 Å². The molecule has 0 amide bonds. The molecule has 0 aliphatic rings. The summed E-state index contributed by atoms with van der Waals surface area (Å²) < 4.78 is 5.49. The molecule has 2 aromatic rings. The zero-order valence-electron chi connectivity index (χ0n) is 10.7. The SMILES string of the molecule is CC(=O)c1ccc(OCc2c(Cl)cccc2Cl)c(O)c1. The lowest BCUT2D eigenvalue weighted by Gasteiger charge is -2.11. The van der Waals surface area contributed by atoms with Crippen molar-refractivity contribution in [3.8, 4) is 11.5 Å². The predicted molar refractivity (Wildman–Crippen MR) is 78.9 cm³/mol. The van der Waals surface area contributed by atoms with Crippen LogP contribution in [0.2, 0.25) is 10.0 Å². The van der Waals surface area contributed by atoms with Crippen molar-refractivity contribution in [2.75, 3.05) is 0 Å². The molecule has 3 nitrogen and oxygen atoms in total. The first-order chi connectivity index (χ1) is 9.49. The van der Waals surface area contributed by atoms with Crippen molar-refractivity contribution >= 4 is 29.0 Å². The van der Waals surface area contributed by atoms with E-state index < -0.39 is 0 Å². The van der Waals surface area contributed by atoms with Crippen molar-refractivity contribution < 1.29 is 14.6 Å². The highest BCUT2D eigenvalue weighted by Crippen LogP contribution is 2.30. The molecule has 0 bridgehead atoms.